The Bertz CT molecular complexity index is 143. The van der Waals surface area contributed by atoms with Crippen molar-refractivity contribution in [1.29, 1.82) is 0 Å². The fraction of sp³-hybridized carbons (Fsp3) is 1.00. The van der Waals surface area contributed by atoms with Gasteiger partial charge in [-0.05, 0) is 34.6 Å². The van der Waals surface area contributed by atoms with E-state index in [-0.39, 0.29) is 24.8 Å². The summed E-state index contributed by atoms with van der Waals surface area (Å²) in [5.74, 6) is 0. The van der Waals surface area contributed by atoms with Gasteiger partial charge in [-0.15, -0.1) is 0 Å². The van der Waals surface area contributed by atoms with Crippen molar-refractivity contribution in [3.8, 4) is 0 Å². The molecule has 0 aromatic carbocycles. The van der Waals surface area contributed by atoms with Crippen molar-refractivity contribution in [3.63, 3.8) is 0 Å². The molecular weight excluding hydrogens is 214 g/mol. The van der Waals surface area contributed by atoms with E-state index >= 15 is 0 Å². The summed E-state index contributed by atoms with van der Waals surface area (Å²) >= 11 is 0. The molecule has 0 amide bonds. The summed E-state index contributed by atoms with van der Waals surface area (Å²) in [7, 11) is 1.67. The zero-order chi connectivity index (χ0) is 11.1. The molecule has 0 aliphatic rings. The highest BCUT2D eigenvalue weighted by Crippen LogP contribution is 2.01. The molecular formula is C11H26ClNO2. The molecule has 0 heterocycles. The molecule has 0 aliphatic heterocycles. The second-order valence-corrected chi connectivity index (χ2v) is 3.80. The fourth-order valence-corrected chi connectivity index (χ4v) is 1.70. The first-order valence-corrected chi connectivity index (χ1v) is 5.59. The third-order valence-corrected chi connectivity index (χ3v) is 2.99. The summed E-state index contributed by atoms with van der Waals surface area (Å²) in [5, 5.41) is 0. The van der Waals surface area contributed by atoms with Crippen molar-refractivity contribution < 1.29 is 26.8 Å². The van der Waals surface area contributed by atoms with E-state index < -0.39 is 0 Å². The molecule has 0 rings (SSSR count). The van der Waals surface area contributed by atoms with Crippen molar-refractivity contribution >= 4 is 0 Å². The van der Waals surface area contributed by atoms with Gasteiger partial charge in [0.15, 0.2) is 6.29 Å². The molecule has 94 valence electrons. The van der Waals surface area contributed by atoms with Gasteiger partial charge in [0.1, 0.15) is 12.1 Å². The maximum Gasteiger partial charge on any atom is 0.155 e. The van der Waals surface area contributed by atoms with Crippen molar-refractivity contribution in [2.75, 3.05) is 20.2 Å². The Labute approximate surface area is 101 Å². The molecule has 0 saturated heterocycles. The smallest absolute Gasteiger partial charge is 0.155 e. The van der Waals surface area contributed by atoms with Gasteiger partial charge in [0.2, 0.25) is 0 Å². The van der Waals surface area contributed by atoms with Gasteiger partial charge in [-0.2, -0.15) is 0 Å². The molecule has 0 saturated carbocycles. The lowest BCUT2D eigenvalue weighted by atomic mass is 10.2. The van der Waals surface area contributed by atoms with Crippen molar-refractivity contribution in [2.24, 2.45) is 0 Å². The normalized spacial score (nSPS) is 17.0. The number of ether oxygens (including phenoxy) is 2. The van der Waals surface area contributed by atoms with E-state index in [9.17, 15) is 0 Å². The van der Waals surface area contributed by atoms with Crippen LogP contribution in [0.2, 0.25) is 0 Å². The van der Waals surface area contributed by atoms with Crippen molar-refractivity contribution in [1.82, 2.24) is 0 Å². The van der Waals surface area contributed by atoms with Gasteiger partial charge in [-0.3, -0.25) is 0 Å². The molecule has 0 spiro atoms. The summed E-state index contributed by atoms with van der Waals surface area (Å²) in [5.41, 5.74) is 0. The van der Waals surface area contributed by atoms with Crippen LogP contribution in [0.1, 0.15) is 34.6 Å². The zero-order valence-electron chi connectivity index (χ0n) is 10.8. The predicted molar refractivity (Wildman–Crippen MR) is 58.5 cm³/mol. The maximum atomic E-state index is 5.70. The summed E-state index contributed by atoms with van der Waals surface area (Å²) in [6, 6.07) is 0.516. The number of rotatable bonds is 7. The highest BCUT2D eigenvalue weighted by atomic mass is 35.5. The quantitative estimate of drug-likeness (QED) is 0.506. The van der Waals surface area contributed by atoms with Crippen LogP contribution < -0.4 is 17.3 Å². The molecule has 4 heteroatoms. The monoisotopic (exact) mass is 239 g/mol. The Morgan fingerprint density at radius 3 is 1.87 bits per heavy atom. The number of nitrogens with one attached hydrogen (secondary N) is 1. The number of halogens is 1. The second kappa shape index (κ2) is 9.40. The number of hydrogen-bond donors (Lipinski definition) is 1. The lowest BCUT2D eigenvalue weighted by Crippen LogP contribution is -3.16. The van der Waals surface area contributed by atoms with Gasteiger partial charge in [0, 0.05) is 7.11 Å². The maximum absolute atomic E-state index is 5.70. The van der Waals surface area contributed by atoms with E-state index in [1.807, 2.05) is 6.92 Å². The summed E-state index contributed by atoms with van der Waals surface area (Å²) in [6.45, 7) is 13.0. The second-order valence-electron chi connectivity index (χ2n) is 3.80. The lowest BCUT2D eigenvalue weighted by molar-refractivity contribution is -0.923. The average molecular weight is 240 g/mol. The van der Waals surface area contributed by atoms with Gasteiger partial charge < -0.3 is 26.8 Å². The average Bonchev–Trinajstić information content (AvgIpc) is 2.19. The molecule has 1 N–H and O–H groups in total. The van der Waals surface area contributed by atoms with E-state index in [1.54, 1.807) is 12.0 Å². The van der Waals surface area contributed by atoms with Crippen LogP contribution in [0.25, 0.3) is 0 Å². The minimum Gasteiger partial charge on any atom is -1.00 e. The van der Waals surface area contributed by atoms with Crippen LogP contribution in [0.5, 0.6) is 0 Å². The van der Waals surface area contributed by atoms with Crippen LogP contribution >= 0.6 is 0 Å². The van der Waals surface area contributed by atoms with Crippen LogP contribution in [0.15, 0.2) is 0 Å². The Balaban J connectivity index is 0. The first kappa shape index (κ1) is 17.6. The number of methoxy groups -OCH3 is 1. The van der Waals surface area contributed by atoms with E-state index in [0.717, 1.165) is 13.1 Å². The molecule has 3 nitrogen and oxygen atoms in total. The van der Waals surface area contributed by atoms with E-state index in [0.29, 0.717) is 6.04 Å². The van der Waals surface area contributed by atoms with Crippen LogP contribution in [-0.4, -0.2) is 38.6 Å². The third kappa shape index (κ3) is 6.36. The summed E-state index contributed by atoms with van der Waals surface area (Å²) in [4.78, 5) is 1.57. The van der Waals surface area contributed by atoms with Gasteiger partial charge in [-0.25, -0.2) is 0 Å². The molecule has 0 fully saturated rings. The van der Waals surface area contributed by atoms with Gasteiger partial charge >= 0.3 is 0 Å². The fourth-order valence-electron chi connectivity index (χ4n) is 1.70. The molecule has 0 aliphatic carbocycles. The minimum absolute atomic E-state index is 0. The Hall–Kier alpha value is 0.170. The largest absolute Gasteiger partial charge is 1.00 e. The number of hydrogen-bond acceptors (Lipinski definition) is 2. The summed E-state index contributed by atoms with van der Waals surface area (Å²) in [6.07, 6.45) is 0.127. The summed E-state index contributed by atoms with van der Waals surface area (Å²) < 4.78 is 10.8. The van der Waals surface area contributed by atoms with Gasteiger partial charge in [0.25, 0.3) is 0 Å². The van der Waals surface area contributed by atoms with E-state index in [1.165, 1.54) is 0 Å². The minimum atomic E-state index is -0.109. The van der Waals surface area contributed by atoms with Gasteiger partial charge in [0.05, 0.1) is 13.1 Å². The molecule has 0 radical (unpaired) electrons. The van der Waals surface area contributed by atoms with Crippen LogP contribution in [0.3, 0.4) is 0 Å². The van der Waals surface area contributed by atoms with E-state index in [2.05, 4.69) is 27.7 Å². The zero-order valence-corrected chi connectivity index (χ0v) is 11.6. The molecule has 0 bridgehead atoms. The van der Waals surface area contributed by atoms with E-state index in [4.69, 9.17) is 9.47 Å². The lowest BCUT2D eigenvalue weighted by Gasteiger charge is -2.29. The van der Waals surface area contributed by atoms with Crippen LogP contribution in [0, 0.1) is 0 Å². The first-order chi connectivity index (χ1) is 6.56. The molecule has 15 heavy (non-hydrogen) atoms. The topological polar surface area (TPSA) is 22.9 Å². The van der Waals surface area contributed by atoms with Crippen LogP contribution in [0.4, 0.5) is 0 Å². The molecule has 3 unspecified atom stereocenters. The molecule has 0 aromatic heterocycles. The van der Waals surface area contributed by atoms with Crippen LogP contribution in [-0.2, 0) is 9.47 Å². The first-order valence-electron chi connectivity index (χ1n) is 5.59. The SMILES string of the molecule is CC[NH+](CC)C(C)C(C)OC(C)OC.[Cl-]. The van der Waals surface area contributed by atoms with Crippen molar-refractivity contribution in [3.05, 3.63) is 0 Å². The Morgan fingerprint density at radius 1 is 1.07 bits per heavy atom. The molecule has 0 aromatic rings. The number of likely N-dealkylation sites (N-methyl/N-ethyl adjacent to an activating group) is 1. The molecule has 3 atom stereocenters. The highest BCUT2D eigenvalue weighted by Gasteiger charge is 2.23. The Morgan fingerprint density at radius 2 is 1.53 bits per heavy atom. The third-order valence-electron chi connectivity index (χ3n) is 2.99. The predicted octanol–water partition coefficient (Wildman–Crippen LogP) is -2.30. The van der Waals surface area contributed by atoms with Crippen molar-refractivity contribution in [2.45, 2.75) is 53.1 Å². The number of quaternary nitrogens is 1. The standard InChI is InChI=1S/C11H25NO2.ClH/c1-7-12(8-2)9(3)10(4)14-11(5)13-6;/h9-11H,7-8H2,1-6H3;1H. The highest BCUT2D eigenvalue weighted by molar-refractivity contribution is 4.58. The van der Waals surface area contributed by atoms with Gasteiger partial charge in [-0.1, -0.05) is 0 Å². The Kier molecular flexibility index (Phi) is 11.0.